The van der Waals surface area contributed by atoms with Gasteiger partial charge in [-0.05, 0) is 35.0 Å². The first-order valence-electron chi connectivity index (χ1n) is 5.48. The van der Waals surface area contributed by atoms with Gasteiger partial charge < -0.3 is 10.2 Å². The fourth-order valence-electron chi connectivity index (χ4n) is 1.46. The molecule has 1 aromatic heterocycles. The molecule has 0 saturated heterocycles. The van der Waals surface area contributed by atoms with Crippen LogP contribution in [-0.4, -0.2) is 48.9 Å². The SMILES string of the molecule is Cc1cccc(-n2nnnc2SC(CO)CO)c1. The van der Waals surface area contributed by atoms with Crippen molar-refractivity contribution in [1.82, 2.24) is 20.2 Å². The van der Waals surface area contributed by atoms with Gasteiger partial charge in [0.15, 0.2) is 0 Å². The molecule has 2 aromatic rings. The molecule has 0 spiro atoms. The molecular weight excluding hydrogens is 252 g/mol. The molecule has 6 nitrogen and oxygen atoms in total. The third-order valence-corrected chi connectivity index (χ3v) is 3.46. The smallest absolute Gasteiger partial charge is 0.214 e. The van der Waals surface area contributed by atoms with Gasteiger partial charge in [0, 0.05) is 0 Å². The minimum Gasteiger partial charge on any atom is -0.395 e. The minimum atomic E-state index is -0.320. The van der Waals surface area contributed by atoms with Crippen molar-refractivity contribution in [1.29, 1.82) is 0 Å². The van der Waals surface area contributed by atoms with E-state index in [1.54, 1.807) is 4.68 Å². The zero-order valence-corrected chi connectivity index (χ0v) is 10.7. The van der Waals surface area contributed by atoms with E-state index in [0.717, 1.165) is 11.3 Å². The number of tetrazole rings is 1. The van der Waals surface area contributed by atoms with Crippen LogP contribution in [0.15, 0.2) is 29.4 Å². The van der Waals surface area contributed by atoms with Crippen molar-refractivity contribution in [3.05, 3.63) is 29.8 Å². The first kappa shape index (κ1) is 13.0. The normalized spacial score (nSPS) is 11.1. The van der Waals surface area contributed by atoms with Crippen LogP contribution in [0.25, 0.3) is 5.69 Å². The molecule has 0 radical (unpaired) electrons. The molecule has 2 rings (SSSR count). The van der Waals surface area contributed by atoms with Crippen LogP contribution in [0.1, 0.15) is 5.56 Å². The van der Waals surface area contributed by atoms with Crippen LogP contribution in [0.4, 0.5) is 0 Å². The Balaban J connectivity index is 2.27. The van der Waals surface area contributed by atoms with E-state index >= 15 is 0 Å². The van der Waals surface area contributed by atoms with Crippen molar-refractivity contribution in [2.45, 2.75) is 17.3 Å². The summed E-state index contributed by atoms with van der Waals surface area (Å²) in [5.74, 6) is 0. The Hall–Kier alpha value is -1.44. The summed E-state index contributed by atoms with van der Waals surface area (Å²) < 4.78 is 1.59. The number of aliphatic hydroxyl groups excluding tert-OH is 2. The molecule has 0 saturated carbocycles. The standard InChI is InChI=1S/C11H14N4O2S/c1-8-3-2-4-9(5-8)15-11(12-13-14-15)18-10(6-16)7-17/h2-5,10,16-17H,6-7H2,1H3. The number of aromatic nitrogens is 4. The molecule has 2 N–H and O–H groups in total. The topological polar surface area (TPSA) is 84.1 Å². The second kappa shape index (κ2) is 5.94. The average molecular weight is 266 g/mol. The van der Waals surface area contributed by atoms with Crippen molar-refractivity contribution in [3.8, 4) is 5.69 Å². The number of hydrogen-bond acceptors (Lipinski definition) is 6. The van der Waals surface area contributed by atoms with Gasteiger partial charge in [0.1, 0.15) is 0 Å². The Labute approximate surface area is 109 Å². The Bertz CT molecular complexity index is 513. The minimum absolute atomic E-state index is 0.123. The number of hydrogen-bond donors (Lipinski definition) is 2. The predicted octanol–water partition coefficient (Wildman–Crippen LogP) is 0.416. The molecule has 0 amide bonds. The van der Waals surface area contributed by atoms with Gasteiger partial charge in [-0.15, -0.1) is 5.10 Å². The summed E-state index contributed by atoms with van der Waals surface area (Å²) in [6.07, 6.45) is 0. The molecule has 0 bridgehead atoms. The van der Waals surface area contributed by atoms with Crippen LogP contribution >= 0.6 is 11.8 Å². The van der Waals surface area contributed by atoms with E-state index in [0.29, 0.717) is 5.16 Å². The lowest BCUT2D eigenvalue weighted by atomic mass is 10.2. The summed E-state index contributed by atoms with van der Waals surface area (Å²) >= 11 is 1.25. The van der Waals surface area contributed by atoms with Crippen LogP contribution in [-0.2, 0) is 0 Å². The molecule has 0 aliphatic heterocycles. The lowest BCUT2D eigenvalue weighted by molar-refractivity contribution is 0.228. The largest absolute Gasteiger partial charge is 0.395 e. The number of nitrogens with zero attached hydrogens (tertiary/aromatic N) is 4. The summed E-state index contributed by atoms with van der Waals surface area (Å²) in [7, 11) is 0. The summed E-state index contributed by atoms with van der Waals surface area (Å²) in [6, 6.07) is 7.79. The number of benzene rings is 1. The van der Waals surface area contributed by atoms with Gasteiger partial charge in [0.25, 0.3) is 0 Å². The molecule has 96 valence electrons. The van der Waals surface area contributed by atoms with Crippen molar-refractivity contribution in [3.63, 3.8) is 0 Å². The second-order valence-electron chi connectivity index (χ2n) is 3.82. The molecule has 0 fully saturated rings. The average Bonchev–Trinajstić information content (AvgIpc) is 2.84. The maximum absolute atomic E-state index is 9.07. The Kier molecular flexibility index (Phi) is 4.29. The number of aliphatic hydroxyl groups is 2. The van der Waals surface area contributed by atoms with Gasteiger partial charge in [0.2, 0.25) is 5.16 Å². The zero-order valence-electron chi connectivity index (χ0n) is 9.89. The van der Waals surface area contributed by atoms with E-state index in [1.165, 1.54) is 11.8 Å². The lowest BCUT2D eigenvalue weighted by Gasteiger charge is -2.10. The highest BCUT2D eigenvalue weighted by molar-refractivity contribution is 7.99. The quantitative estimate of drug-likeness (QED) is 0.763. The summed E-state index contributed by atoms with van der Waals surface area (Å²) in [5.41, 5.74) is 1.97. The highest BCUT2D eigenvalue weighted by Gasteiger charge is 2.15. The van der Waals surface area contributed by atoms with E-state index in [2.05, 4.69) is 15.5 Å². The van der Waals surface area contributed by atoms with Gasteiger partial charge in [0.05, 0.1) is 24.2 Å². The van der Waals surface area contributed by atoms with Gasteiger partial charge in [-0.1, -0.05) is 23.9 Å². The van der Waals surface area contributed by atoms with Crippen molar-refractivity contribution < 1.29 is 10.2 Å². The van der Waals surface area contributed by atoms with Crippen LogP contribution in [0.5, 0.6) is 0 Å². The molecule has 7 heteroatoms. The summed E-state index contributed by atoms with van der Waals surface area (Å²) in [6.45, 7) is 1.74. The maximum Gasteiger partial charge on any atom is 0.214 e. The first-order valence-corrected chi connectivity index (χ1v) is 6.36. The third kappa shape index (κ3) is 2.87. The molecule has 0 atom stereocenters. The van der Waals surface area contributed by atoms with Crippen molar-refractivity contribution in [2.75, 3.05) is 13.2 Å². The highest BCUT2D eigenvalue weighted by Crippen LogP contribution is 2.22. The van der Waals surface area contributed by atoms with Gasteiger partial charge >= 0.3 is 0 Å². The monoisotopic (exact) mass is 266 g/mol. The van der Waals surface area contributed by atoms with Crippen LogP contribution in [0.2, 0.25) is 0 Å². The fourth-order valence-corrected chi connectivity index (χ4v) is 2.23. The summed E-state index contributed by atoms with van der Waals surface area (Å²) in [4.78, 5) is 0. The number of thioether (sulfide) groups is 1. The molecule has 0 unspecified atom stereocenters. The van der Waals surface area contributed by atoms with E-state index in [-0.39, 0.29) is 18.5 Å². The van der Waals surface area contributed by atoms with Crippen LogP contribution in [0.3, 0.4) is 0 Å². The predicted molar refractivity (Wildman–Crippen MR) is 67.7 cm³/mol. The van der Waals surface area contributed by atoms with E-state index in [4.69, 9.17) is 10.2 Å². The van der Waals surface area contributed by atoms with Crippen molar-refractivity contribution in [2.24, 2.45) is 0 Å². The lowest BCUT2D eigenvalue weighted by Crippen LogP contribution is -2.14. The molecule has 18 heavy (non-hydrogen) atoms. The molecule has 0 aliphatic rings. The van der Waals surface area contributed by atoms with Gasteiger partial charge in [-0.2, -0.15) is 4.68 Å². The van der Waals surface area contributed by atoms with E-state index < -0.39 is 0 Å². The molecule has 1 heterocycles. The van der Waals surface area contributed by atoms with Gasteiger partial charge in [-0.25, -0.2) is 0 Å². The zero-order chi connectivity index (χ0) is 13.0. The third-order valence-electron chi connectivity index (χ3n) is 2.37. The summed E-state index contributed by atoms with van der Waals surface area (Å²) in [5, 5.41) is 29.8. The second-order valence-corrected chi connectivity index (χ2v) is 5.08. The first-order chi connectivity index (χ1) is 8.74. The maximum atomic E-state index is 9.07. The Morgan fingerprint density at radius 1 is 1.33 bits per heavy atom. The molecule has 1 aromatic carbocycles. The highest BCUT2D eigenvalue weighted by atomic mass is 32.2. The van der Waals surface area contributed by atoms with Crippen LogP contribution < -0.4 is 0 Å². The Morgan fingerprint density at radius 3 is 2.78 bits per heavy atom. The van der Waals surface area contributed by atoms with Crippen molar-refractivity contribution >= 4 is 11.8 Å². The van der Waals surface area contributed by atoms with E-state index in [9.17, 15) is 0 Å². The molecule has 0 aliphatic carbocycles. The Morgan fingerprint density at radius 2 is 2.11 bits per heavy atom. The van der Waals surface area contributed by atoms with Crippen LogP contribution in [0, 0.1) is 6.92 Å². The number of aryl methyl sites for hydroxylation is 1. The van der Waals surface area contributed by atoms with E-state index in [1.807, 2.05) is 31.2 Å². The molecular formula is C11H14N4O2S. The fraction of sp³-hybridized carbons (Fsp3) is 0.364. The van der Waals surface area contributed by atoms with Gasteiger partial charge in [-0.3, -0.25) is 0 Å². The number of rotatable bonds is 5.